The number of fused-ring (bicyclic) bond motifs is 1. The number of benzene rings is 1. The Morgan fingerprint density at radius 3 is 2.93 bits per heavy atom. The first-order valence-electron chi connectivity index (χ1n) is 4.97. The highest BCUT2D eigenvalue weighted by molar-refractivity contribution is 6.30. The van der Waals surface area contributed by atoms with Gasteiger partial charge in [0.25, 0.3) is 0 Å². The molecule has 2 N–H and O–H groups in total. The standard InChI is InChI=1S/C12H14ClN/c13-12-4-3-10-2-1-9(5-6-14)7-11(10)8-12/h3-4,7-8H,1-2,5-6,14H2. The van der Waals surface area contributed by atoms with E-state index in [0.717, 1.165) is 30.8 Å². The van der Waals surface area contributed by atoms with Crippen LogP contribution < -0.4 is 5.73 Å². The van der Waals surface area contributed by atoms with E-state index in [4.69, 9.17) is 17.3 Å². The third-order valence-corrected chi connectivity index (χ3v) is 2.88. The molecule has 1 aliphatic rings. The van der Waals surface area contributed by atoms with Gasteiger partial charge in [0.15, 0.2) is 0 Å². The first-order valence-corrected chi connectivity index (χ1v) is 5.35. The predicted octanol–water partition coefficient (Wildman–Crippen LogP) is 3.02. The Bertz CT molecular complexity index is 369. The highest BCUT2D eigenvalue weighted by Gasteiger charge is 2.09. The lowest BCUT2D eigenvalue weighted by atomic mass is 9.91. The molecule has 0 aromatic heterocycles. The van der Waals surface area contributed by atoms with Crippen molar-refractivity contribution in [1.82, 2.24) is 0 Å². The van der Waals surface area contributed by atoms with E-state index in [-0.39, 0.29) is 0 Å². The minimum absolute atomic E-state index is 0.738. The maximum Gasteiger partial charge on any atom is 0.0412 e. The van der Waals surface area contributed by atoms with Gasteiger partial charge in [-0.05, 0) is 49.1 Å². The highest BCUT2D eigenvalue weighted by atomic mass is 35.5. The van der Waals surface area contributed by atoms with Crippen molar-refractivity contribution in [1.29, 1.82) is 0 Å². The van der Waals surface area contributed by atoms with Gasteiger partial charge < -0.3 is 5.73 Å². The van der Waals surface area contributed by atoms with Gasteiger partial charge in [0.05, 0.1) is 0 Å². The molecule has 0 aliphatic heterocycles. The first-order chi connectivity index (χ1) is 6.79. The van der Waals surface area contributed by atoms with Gasteiger partial charge in [-0.2, -0.15) is 0 Å². The normalized spacial score (nSPS) is 14.9. The summed E-state index contributed by atoms with van der Waals surface area (Å²) in [5.41, 5.74) is 9.66. The van der Waals surface area contributed by atoms with Gasteiger partial charge >= 0.3 is 0 Å². The van der Waals surface area contributed by atoms with Crippen LogP contribution in [0.15, 0.2) is 23.8 Å². The van der Waals surface area contributed by atoms with Gasteiger partial charge in [-0.25, -0.2) is 0 Å². The molecule has 74 valence electrons. The Hall–Kier alpha value is -0.790. The maximum atomic E-state index is 5.95. The average molecular weight is 208 g/mol. The SMILES string of the molecule is NCCC1=Cc2cc(Cl)ccc2CC1. The molecule has 0 spiro atoms. The summed E-state index contributed by atoms with van der Waals surface area (Å²) >= 11 is 5.95. The van der Waals surface area contributed by atoms with Crippen LogP contribution in [0.1, 0.15) is 24.0 Å². The zero-order chi connectivity index (χ0) is 9.97. The minimum Gasteiger partial charge on any atom is -0.330 e. The van der Waals surface area contributed by atoms with Gasteiger partial charge in [0.2, 0.25) is 0 Å². The van der Waals surface area contributed by atoms with Gasteiger partial charge in [-0.15, -0.1) is 0 Å². The fourth-order valence-electron chi connectivity index (χ4n) is 1.90. The Kier molecular flexibility index (Phi) is 2.90. The molecule has 1 nitrogen and oxygen atoms in total. The third-order valence-electron chi connectivity index (χ3n) is 2.65. The van der Waals surface area contributed by atoms with E-state index in [9.17, 15) is 0 Å². The molecular formula is C12H14ClN. The summed E-state index contributed by atoms with van der Waals surface area (Å²) in [5.74, 6) is 0. The topological polar surface area (TPSA) is 26.0 Å². The molecule has 0 fully saturated rings. The van der Waals surface area contributed by atoms with Crippen molar-refractivity contribution in [3.63, 3.8) is 0 Å². The summed E-state index contributed by atoms with van der Waals surface area (Å²) in [5, 5.41) is 0.814. The number of aryl methyl sites for hydroxylation is 1. The molecule has 0 saturated carbocycles. The van der Waals surface area contributed by atoms with Crippen LogP contribution in [-0.4, -0.2) is 6.54 Å². The van der Waals surface area contributed by atoms with E-state index in [1.54, 1.807) is 0 Å². The molecule has 0 amide bonds. The highest BCUT2D eigenvalue weighted by Crippen LogP contribution is 2.27. The summed E-state index contributed by atoms with van der Waals surface area (Å²) in [6, 6.07) is 6.11. The van der Waals surface area contributed by atoms with Crippen LogP contribution in [0.4, 0.5) is 0 Å². The summed E-state index contributed by atoms with van der Waals surface area (Å²) in [7, 11) is 0. The molecule has 2 rings (SSSR count). The Labute approximate surface area is 89.6 Å². The number of nitrogens with two attached hydrogens (primary N) is 1. The van der Waals surface area contributed by atoms with Gasteiger partial charge in [0.1, 0.15) is 0 Å². The lowest BCUT2D eigenvalue weighted by Gasteiger charge is -2.16. The van der Waals surface area contributed by atoms with Crippen LogP contribution >= 0.6 is 11.6 Å². The van der Waals surface area contributed by atoms with Crippen LogP contribution in [0.25, 0.3) is 6.08 Å². The van der Waals surface area contributed by atoms with E-state index in [0.29, 0.717) is 0 Å². The zero-order valence-electron chi connectivity index (χ0n) is 8.09. The monoisotopic (exact) mass is 207 g/mol. The van der Waals surface area contributed by atoms with E-state index >= 15 is 0 Å². The first kappa shape index (κ1) is 9.75. The molecule has 0 unspecified atom stereocenters. The third kappa shape index (κ3) is 1.99. The quantitative estimate of drug-likeness (QED) is 0.793. The minimum atomic E-state index is 0.738. The molecule has 0 bridgehead atoms. The fraction of sp³-hybridized carbons (Fsp3) is 0.333. The molecule has 1 aromatic carbocycles. The van der Waals surface area contributed by atoms with Crippen molar-refractivity contribution in [2.45, 2.75) is 19.3 Å². The fourth-order valence-corrected chi connectivity index (χ4v) is 2.08. The Balaban J connectivity index is 2.32. The summed E-state index contributed by atoms with van der Waals surface area (Å²) in [6.45, 7) is 0.738. The summed E-state index contributed by atoms with van der Waals surface area (Å²) in [6.07, 6.45) is 5.51. The average Bonchev–Trinajstić information content (AvgIpc) is 2.17. The molecule has 0 heterocycles. The van der Waals surface area contributed by atoms with Crippen molar-refractivity contribution in [2.75, 3.05) is 6.54 Å². The molecule has 0 atom stereocenters. The van der Waals surface area contributed by atoms with Crippen molar-refractivity contribution in [3.05, 3.63) is 39.9 Å². The van der Waals surface area contributed by atoms with E-state index in [1.807, 2.05) is 12.1 Å². The van der Waals surface area contributed by atoms with Crippen molar-refractivity contribution >= 4 is 17.7 Å². The van der Waals surface area contributed by atoms with Gasteiger partial charge in [0, 0.05) is 5.02 Å². The molecule has 2 heteroatoms. The second-order valence-electron chi connectivity index (χ2n) is 3.68. The maximum absolute atomic E-state index is 5.95. The largest absolute Gasteiger partial charge is 0.330 e. The Morgan fingerprint density at radius 1 is 1.29 bits per heavy atom. The van der Waals surface area contributed by atoms with Crippen LogP contribution in [0.5, 0.6) is 0 Å². The van der Waals surface area contributed by atoms with Crippen LogP contribution in [-0.2, 0) is 6.42 Å². The number of hydrogen-bond acceptors (Lipinski definition) is 1. The summed E-state index contributed by atoms with van der Waals surface area (Å²) in [4.78, 5) is 0. The van der Waals surface area contributed by atoms with E-state index in [1.165, 1.54) is 16.7 Å². The second kappa shape index (κ2) is 4.16. The number of rotatable bonds is 2. The Morgan fingerprint density at radius 2 is 2.14 bits per heavy atom. The molecule has 14 heavy (non-hydrogen) atoms. The van der Waals surface area contributed by atoms with Crippen LogP contribution in [0, 0.1) is 0 Å². The second-order valence-corrected chi connectivity index (χ2v) is 4.12. The predicted molar refractivity (Wildman–Crippen MR) is 61.4 cm³/mol. The van der Waals surface area contributed by atoms with Crippen molar-refractivity contribution in [3.8, 4) is 0 Å². The molecule has 0 saturated heterocycles. The van der Waals surface area contributed by atoms with Gasteiger partial charge in [-0.3, -0.25) is 0 Å². The van der Waals surface area contributed by atoms with Crippen molar-refractivity contribution < 1.29 is 0 Å². The lowest BCUT2D eigenvalue weighted by molar-refractivity contribution is 0.837. The van der Waals surface area contributed by atoms with Crippen LogP contribution in [0.3, 0.4) is 0 Å². The lowest BCUT2D eigenvalue weighted by Crippen LogP contribution is -2.05. The number of halogens is 1. The zero-order valence-corrected chi connectivity index (χ0v) is 8.85. The molecule has 1 aromatic rings. The van der Waals surface area contributed by atoms with Gasteiger partial charge in [-0.1, -0.05) is 29.3 Å². The number of hydrogen-bond donors (Lipinski definition) is 1. The summed E-state index contributed by atoms with van der Waals surface area (Å²) < 4.78 is 0. The van der Waals surface area contributed by atoms with Crippen molar-refractivity contribution in [2.24, 2.45) is 5.73 Å². The molecular weight excluding hydrogens is 194 g/mol. The molecule has 1 aliphatic carbocycles. The van der Waals surface area contributed by atoms with E-state index < -0.39 is 0 Å². The molecule has 0 radical (unpaired) electrons. The van der Waals surface area contributed by atoms with E-state index in [2.05, 4.69) is 12.1 Å². The van der Waals surface area contributed by atoms with Crippen LogP contribution in [0.2, 0.25) is 5.02 Å². The smallest absolute Gasteiger partial charge is 0.0412 e.